The highest BCUT2D eigenvalue weighted by Crippen LogP contribution is 2.19. The second-order valence-electron chi connectivity index (χ2n) is 5.47. The van der Waals surface area contributed by atoms with E-state index >= 15 is 0 Å². The molecule has 2 heteroatoms. The Hall–Kier alpha value is -1.28. The summed E-state index contributed by atoms with van der Waals surface area (Å²) in [5, 5.41) is 6.24. The van der Waals surface area contributed by atoms with E-state index in [0.717, 1.165) is 13.0 Å². The van der Waals surface area contributed by atoms with Crippen LogP contribution in [0.2, 0.25) is 0 Å². The fourth-order valence-electron chi connectivity index (χ4n) is 1.96. The van der Waals surface area contributed by atoms with Gasteiger partial charge in [0.15, 0.2) is 0 Å². The Labute approximate surface area is 145 Å². The number of allylic oxidation sites excluding steroid dienone is 5. The maximum absolute atomic E-state index is 3.64. The number of hydrogen-bond acceptors (Lipinski definition) is 2. The lowest BCUT2D eigenvalue weighted by molar-refractivity contribution is 0.772. The predicted octanol–water partition coefficient (Wildman–Crippen LogP) is 6.10. The summed E-state index contributed by atoms with van der Waals surface area (Å²) >= 11 is 0. The largest absolute Gasteiger partial charge is 0.362 e. The summed E-state index contributed by atoms with van der Waals surface area (Å²) in [7, 11) is 1.93. The summed E-state index contributed by atoms with van der Waals surface area (Å²) < 4.78 is 0. The Morgan fingerprint density at radius 2 is 1.83 bits per heavy atom. The van der Waals surface area contributed by atoms with Gasteiger partial charge in [-0.25, -0.2) is 0 Å². The average Bonchev–Trinajstić information content (AvgIpc) is 2.81. The molecular formula is C21H40N2. The zero-order valence-electron chi connectivity index (χ0n) is 16.3. The zero-order valence-corrected chi connectivity index (χ0v) is 16.3. The van der Waals surface area contributed by atoms with Crippen LogP contribution in [-0.2, 0) is 0 Å². The van der Waals surface area contributed by atoms with Crippen LogP contribution in [0.4, 0.5) is 0 Å². The zero-order chi connectivity index (χ0) is 17.8. The molecule has 2 nitrogen and oxygen atoms in total. The molecule has 0 aromatic carbocycles. The molecule has 0 atom stereocenters. The second kappa shape index (κ2) is 20.7. The summed E-state index contributed by atoms with van der Waals surface area (Å²) in [5.74, 6) is 0. The molecule has 0 aromatic rings. The van der Waals surface area contributed by atoms with E-state index in [9.17, 15) is 0 Å². The van der Waals surface area contributed by atoms with Gasteiger partial charge in [0.05, 0.1) is 0 Å². The maximum Gasteiger partial charge on any atom is 0.0368 e. The van der Waals surface area contributed by atoms with Crippen LogP contribution in [0.1, 0.15) is 72.6 Å². The summed E-state index contributed by atoms with van der Waals surface area (Å²) in [5.41, 5.74) is 2.79. The summed E-state index contributed by atoms with van der Waals surface area (Å²) in [6.45, 7) is 13.4. The molecule has 0 unspecified atom stereocenters. The lowest BCUT2D eigenvalue weighted by Crippen LogP contribution is -2.05. The Bertz CT molecular complexity index is 334. The van der Waals surface area contributed by atoms with Crippen molar-refractivity contribution in [1.29, 1.82) is 0 Å². The molecule has 23 heavy (non-hydrogen) atoms. The van der Waals surface area contributed by atoms with Crippen LogP contribution in [0.15, 0.2) is 48.4 Å². The third-order valence-corrected chi connectivity index (χ3v) is 3.47. The first-order chi connectivity index (χ1) is 11.2. The minimum absolute atomic E-state index is 1.07. The number of nitrogens with one attached hydrogen (secondary N) is 2. The molecule has 0 amide bonds. The van der Waals surface area contributed by atoms with Crippen LogP contribution in [0.3, 0.4) is 0 Å². The first-order valence-corrected chi connectivity index (χ1v) is 9.28. The normalized spacial score (nSPS) is 13.6. The highest BCUT2D eigenvalue weighted by atomic mass is 14.8. The fraction of sp³-hybridized carbons (Fsp3) is 0.619. The lowest BCUT2D eigenvalue weighted by atomic mass is 10.1. The molecule has 1 rings (SSSR count). The summed E-state index contributed by atoms with van der Waals surface area (Å²) in [4.78, 5) is 0. The first-order valence-electron chi connectivity index (χ1n) is 9.28. The van der Waals surface area contributed by atoms with Crippen molar-refractivity contribution in [2.75, 3.05) is 13.6 Å². The van der Waals surface area contributed by atoms with Crippen molar-refractivity contribution in [2.45, 2.75) is 72.6 Å². The highest BCUT2D eigenvalue weighted by molar-refractivity contribution is 5.27. The van der Waals surface area contributed by atoms with Gasteiger partial charge in [-0.3, -0.25) is 0 Å². The van der Waals surface area contributed by atoms with Gasteiger partial charge in [0.25, 0.3) is 0 Å². The minimum Gasteiger partial charge on any atom is -0.362 e. The van der Waals surface area contributed by atoms with E-state index in [1.165, 1.54) is 49.8 Å². The lowest BCUT2D eigenvalue weighted by Gasteiger charge is -2.08. The molecule has 0 spiro atoms. The van der Waals surface area contributed by atoms with Crippen molar-refractivity contribution in [2.24, 2.45) is 0 Å². The van der Waals surface area contributed by atoms with Crippen LogP contribution in [0.5, 0.6) is 0 Å². The molecule has 0 aromatic heterocycles. The van der Waals surface area contributed by atoms with E-state index < -0.39 is 0 Å². The predicted molar refractivity (Wildman–Crippen MR) is 108 cm³/mol. The monoisotopic (exact) mass is 320 g/mol. The molecular weight excluding hydrogens is 280 g/mol. The van der Waals surface area contributed by atoms with Gasteiger partial charge in [-0.2, -0.15) is 0 Å². The molecule has 0 heterocycles. The molecule has 1 aliphatic rings. The van der Waals surface area contributed by atoms with E-state index in [1.807, 2.05) is 19.3 Å². The topological polar surface area (TPSA) is 24.1 Å². The molecule has 134 valence electrons. The van der Waals surface area contributed by atoms with Gasteiger partial charge >= 0.3 is 0 Å². The van der Waals surface area contributed by atoms with Gasteiger partial charge in [-0.05, 0) is 57.0 Å². The van der Waals surface area contributed by atoms with E-state index in [4.69, 9.17) is 0 Å². The van der Waals surface area contributed by atoms with Crippen LogP contribution in [0.25, 0.3) is 0 Å². The van der Waals surface area contributed by atoms with Crippen molar-refractivity contribution in [3.05, 3.63) is 48.4 Å². The average molecular weight is 321 g/mol. The molecule has 2 N–H and O–H groups in total. The SMILES string of the molecule is C=C/C=C\NC1=C(CC)CCCC=C1.CCCCC.CCNC. The smallest absolute Gasteiger partial charge is 0.0368 e. The second-order valence-corrected chi connectivity index (χ2v) is 5.47. The van der Waals surface area contributed by atoms with E-state index in [1.54, 1.807) is 6.08 Å². The Balaban J connectivity index is 0. The number of unbranched alkanes of at least 4 members (excludes halogenated alkanes) is 2. The molecule has 0 aliphatic heterocycles. The van der Waals surface area contributed by atoms with Crippen LogP contribution >= 0.6 is 0 Å². The van der Waals surface area contributed by atoms with Crippen molar-refractivity contribution in [3.8, 4) is 0 Å². The fourth-order valence-corrected chi connectivity index (χ4v) is 1.96. The van der Waals surface area contributed by atoms with Crippen molar-refractivity contribution < 1.29 is 0 Å². The quantitative estimate of drug-likeness (QED) is 0.554. The molecule has 1 aliphatic carbocycles. The minimum atomic E-state index is 1.07. The van der Waals surface area contributed by atoms with Gasteiger partial charge in [0, 0.05) is 11.9 Å². The maximum atomic E-state index is 3.64. The standard InChI is InChI=1S/C13H19N.C5H12.C3H9N/c1-3-5-11-14-13-10-8-6-7-9-12(13)4-2;1-3-5-4-2;1-3-4-2/h3,5,8,10-11,14H,1,4,6-7,9H2,2H3;3-5H2,1-2H3;4H,3H2,1-2H3/b11-5-;;. The highest BCUT2D eigenvalue weighted by Gasteiger charge is 2.03. The van der Waals surface area contributed by atoms with Crippen LogP contribution in [0, 0.1) is 0 Å². The van der Waals surface area contributed by atoms with Crippen LogP contribution in [-0.4, -0.2) is 13.6 Å². The van der Waals surface area contributed by atoms with Gasteiger partial charge in [-0.15, -0.1) is 0 Å². The van der Waals surface area contributed by atoms with Crippen LogP contribution < -0.4 is 10.6 Å². The van der Waals surface area contributed by atoms with E-state index in [0.29, 0.717) is 0 Å². The van der Waals surface area contributed by atoms with Gasteiger partial charge in [0.1, 0.15) is 0 Å². The van der Waals surface area contributed by atoms with Crippen molar-refractivity contribution in [1.82, 2.24) is 10.6 Å². The third kappa shape index (κ3) is 16.9. The van der Waals surface area contributed by atoms with Gasteiger partial charge < -0.3 is 10.6 Å². The summed E-state index contributed by atoms with van der Waals surface area (Å²) in [6, 6.07) is 0. The number of hydrogen-bond donors (Lipinski definition) is 2. The summed E-state index contributed by atoms with van der Waals surface area (Å²) in [6.07, 6.45) is 19.0. The molecule has 0 bridgehead atoms. The molecule has 0 saturated heterocycles. The Morgan fingerprint density at radius 1 is 1.17 bits per heavy atom. The third-order valence-electron chi connectivity index (χ3n) is 3.47. The first kappa shape index (κ1) is 24.0. The van der Waals surface area contributed by atoms with Crippen molar-refractivity contribution >= 4 is 0 Å². The molecule has 0 fully saturated rings. The van der Waals surface area contributed by atoms with E-state index in [-0.39, 0.29) is 0 Å². The number of rotatable bonds is 7. The van der Waals surface area contributed by atoms with Gasteiger partial charge in [-0.1, -0.05) is 65.7 Å². The Kier molecular flexibility index (Phi) is 21.6. The Morgan fingerprint density at radius 3 is 2.26 bits per heavy atom. The molecule has 0 saturated carbocycles. The van der Waals surface area contributed by atoms with Crippen molar-refractivity contribution in [3.63, 3.8) is 0 Å². The van der Waals surface area contributed by atoms with Gasteiger partial charge in [0.2, 0.25) is 0 Å². The molecule has 0 radical (unpaired) electrons. The van der Waals surface area contributed by atoms with E-state index in [2.05, 4.69) is 57.1 Å².